The fraction of sp³-hybridized carbons (Fsp3) is 0.200. The third-order valence-corrected chi connectivity index (χ3v) is 4.10. The van der Waals surface area contributed by atoms with E-state index in [9.17, 15) is 13.2 Å². The van der Waals surface area contributed by atoms with Crippen LogP contribution in [0.5, 0.6) is 5.88 Å². The van der Waals surface area contributed by atoms with Crippen LogP contribution in [0.2, 0.25) is 0 Å². The van der Waals surface area contributed by atoms with E-state index < -0.39 is 9.84 Å². The molecule has 1 amide bonds. The Labute approximate surface area is 129 Å². The molecular weight excluding hydrogens is 304 g/mol. The molecule has 0 saturated heterocycles. The number of benzene rings is 1. The van der Waals surface area contributed by atoms with E-state index in [1.54, 1.807) is 30.5 Å². The maximum atomic E-state index is 12.1. The molecule has 6 nitrogen and oxygen atoms in total. The molecule has 1 aromatic carbocycles. The van der Waals surface area contributed by atoms with Gasteiger partial charge in [-0.05, 0) is 29.8 Å². The normalized spacial score (nSPS) is 11.0. The molecule has 0 fully saturated rings. The lowest BCUT2D eigenvalue weighted by atomic mass is 10.2. The van der Waals surface area contributed by atoms with E-state index in [-0.39, 0.29) is 10.8 Å². The Kier molecular flexibility index (Phi) is 4.77. The summed E-state index contributed by atoms with van der Waals surface area (Å²) >= 11 is 0. The van der Waals surface area contributed by atoms with Gasteiger partial charge < -0.3 is 10.1 Å². The van der Waals surface area contributed by atoms with Gasteiger partial charge in [-0.1, -0.05) is 6.07 Å². The van der Waals surface area contributed by atoms with Crippen molar-refractivity contribution in [3.8, 4) is 5.88 Å². The number of aromatic nitrogens is 1. The highest BCUT2D eigenvalue weighted by Gasteiger charge is 2.11. The molecule has 2 rings (SSSR count). The molecule has 0 unspecified atom stereocenters. The molecule has 7 heteroatoms. The number of ether oxygens (including phenoxy) is 1. The van der Waals surface area contributed by atoms with Crippen LogP contribution < -0.4 is 10.1 Å². The fourth-order valence-corrected chi connectivity index (χ4v) is 2.49. The Hall–Kier alpha value is -2.41. The van der Waals surface area contributed by atoms with Gasteiger partial charge in [0.15, 0.2) is 9.84 Å². The monoisotopic (exact) mass is 320 g/mol. The molecular formula is C15H16N2O4S. The van der Waals surface area contributed by atoms with E-state index in [2.05, 4.69) is 10.3 Å². The number of methoxy groups -OCH3 is 1. The highest BCUT2D eigenvalue weighted by molar-refractivity contribution is 7.90. The van der Waals surface area contributed by atoms with Gasteiger partial charge in [0.25, 0.3) is 5.91 Å². The topological polar surface area (TPSA) is 85.4 Å². The van der Waals surface area contributed by atoms with Gasteiger partial charge >= 0.3 is 0 Å². The summed E-state index contributed by atoms with van der Waals surface area (Å²) in [7, 11) is -1.82. The zero-order valence-electron chi connectivity index (χ0n) is 12.2. The first-order valence-corrected chi connectivity index (χ1v) is 8.36. The molecule has 1 N–H and O–H groups in total. The maximum absolute atomic E-state index is 12.1. The van der Waals surface area contributed by atoms with E-state index in [4.69, 9.17) is 4.74 Å². The van der Waals surface area contributed by atoms with Gasteiger partial charge in [0.1, 0.15) is 0 Å². The summed E-state index contributed by atoms with van der Waals surface area (Å²) in [6, 6.07) is 9.40. The minimum absolute atomic E-state index is 0.116. The van der Waals surface area contributed by atoms with E-state index in [1.807, 2.05) is 0 Å². The minimum Gasteiger partial charge on any atom is -0.481 e. The predicted molar refractivity (Wildman–Crippen MR) is 81.5 cm³/mol. The van der Waals surface area contributed by atoms with Crippen molar-refractivity contribution in [1.82, 2.24) is 10.3 Å². The minimum atomic E-state index is -3.34. The Bertz CT molecular complexity index is 788. The average Bonchev–Trinajstić information content (AvgIpc) is 2.52. The lowest BCUT2D eigenvalue weighted by Crippen LogP contribution is -2.23. The summed E-state index contributed by atoms with van der Waals surface area (Å²) in [5.74, 6) is 0.118. The third kappa shape index (κ3) is 4.05. The fourth-order valence-electron chi connectivity index (χ4n) is 1.82. The van der Waals surface area contributed by atoms with Crippen LogP contribution in [0.25, 0.3) is 0 Å². The predicted octanol–water partition coefficient (Wildman–Crippen LogP) is 1.42. The highest BCUT2D eigenvalue weighted by Crippen LogP contribution is 2.12. The first-order chi connectivity index (χ1) is 10.4. The lowest BCUT2D eigenvalue weighted by Gasteiger charge is -2.07. The van der Waals surface area contributed by atoms with Gasteiger partial charge in [0, 0.05) is 30.6 Å². The molecule has 0 bridgehead atoms. The van der Waals surface area contributed by atoms with Gasteiger partial charge in [0.05, 0.1) is 12.0 Å². The molecule has 1 aromatic heterocycles. The molecule has 0 aliphatic rings. The number of carbonyl (C=O) groups is 1. The van der Waals surface area contributed by atoms with Crippen LogP contribution in [0.1, 0.15) is 15.9 Å². The summed E-state index contributed by atoms with van der Waals surface area (Å²) in [5.41, 5.74) is 1.13. The van der Waals surface area contributed by atoms with Crippen LogP contribution in [0.15, 0.2) is 47.5 Å². The number of pyridine rings is 1. The molecule has 0 saturated carbocycles. The van der Waals surface area contributed by atoms with Crippen LogP contribution in [-0.4, -0.2) is 32.7 Å². The highest BCUT2D eigenvalue weighted by atomic mass is 32.2. The van der Waals surface area contributed by atoms with Gasteiger partial charge in [0.2, 0.25) is 5.88 Å². The van der Waals surface area contributed by atoms with Crippen molar-refractivity contribution in [1.29, 1.82) is 0 Å². The standard InChI is InChI=1S/C15H16N2O4S/c1-21-14-8-11(6-7-16-14)10-17-15(18)12-4-3-5-13(9-12)22(2,19)20/h3-9H,10H2,1-2H3,(H,17,18). The number of amides is 1. The van der Waals surface area contributed by atoms with Gasteiger partial charge in [-0.3, -0.25) is 4.79 Å². The third-order valence-electron chi connectivity index (χ3n) is 2.99. The van der Waals surface area contributed by atoms with E-state index in [0.29, 0.717) is 18.0 Å². The first-order valence-electron chi connectivity index (χ1n) is 6.47. The largest absolute Gasteiger partial charge is 0.481 e. The Balaban J connectivity index is 2.09. The smallest absolute Gasteiger partial charge is 0.251 e. The number of hydrogen-bond donors (Lipinski definition) is 1. The number of sulfone groups is 1. The van der Waals surface area contributed by atoms with Crippen LogP contribution >= 0.6 is 0 Å². The average molecular weight is 320 g/mol. The molecule has 0 spiro atoms. The number of nitrogens with one attached hydrogen (secondary N) is 1. The molecule has 0 aliphatic heterocycles. The van der Waals surface area contributed by atoms with Gasteiger partial charge in [-0.2, -0.15) is 0 Å². The van der Waals surface area contributed by atoms with Crippen LogP contribution in [0, 0.1) is 0 Å². The Morgan fingerprint density at radius 1 is 1.27 bits per heavy atom. The summed E-state index contributed by atoms with van der Waals surface area (Å²) in [6.07, 6.45) is 2.69. The van der Waals surface area contributed by atoms with E-state index in [1.165, 1.54) is 19.2 Å². The van der Waals surface area contributed by atoms with E-state index >= 15 is 0 Å². The van der Waals surface area contributed by atoms with Crippen molar-refractivity contribution in [2.24, 2.45) is 0 Å². The number of nitrogens with zero attached hydrogens (tertiary/aromatic N) is 1. The second-order valence-electron chi connectivity index (χ2n) is 4.69. The molecule has 116 valence electrons. The van der Waals surface area contributed by atoms with Crippen molar-refractivity contribution < 1.29 is 17.9 Å². The Morgan fingerprint density at radius 3 is 2.73 bits per heavy atom. The van der Waals surface area contributed by atoms with E-state index in [0.717, 1.165) is 11.8 Å². The zero-order valence-corrected chi connectivity index (χ0v) is 13.1. The first kappa shape index (κ1) is 16.0. The van der Waals surface area contributed by atoms with Crippen molar-refractivity contribution >= 4 is 15.7 Å². The van der Waals surface area contributed by atoms with Crippen LogP contribution in [0.4, 0.5) is 0 Å². The zero-order chi connectivity index (χ0) is 16.2. The number of hydrogen-bond acceptors (Lipinski definition) is 5. The second kappa shape index (κ2) is 6.57. The SMILES string of the molecule is COc1cc(CNC(=O)c2cccc(S(C)(=O)=O)c2)ccn1. The molecule has 0 radical (unpaired) electrons. The molecule has 22 heavy (non-hydrogen) atoms. The molecule has 0 atom stereocenters. The second-order valence-corrected chi connectivity index (χ2v) is 6.70. The van der Waals surface area contributed by atoms with Crippen LogP contribution in [-0.2, 0) is 16.4 Å². The van der Waals surface area contributed by atoms with Crippen molar-refractivity contribution in [2.45, 2.75) is 11.4 Å². The molecule has 2 aromatic rings. The molecule has 0 aliphatic carbocycles. The van der Waals surface area contributed by atoms with Gasteiger partial charge in [-0.25, -0.2) is 13.4 Å². The lowest BCUT2D eigenvalue weighted by molar-refractivity contribution is 0.0950. The molecule has 1 heterocycles. The van der Waals surface area contributed by atoms with Crippen molar-refractivity contribution in [3.63, 3.8) is 0 Å². The number of rotatable bonds is 5. The quantitative estimate of drug-likeness (QED) is 0.900. The van der Waals surface area contributed by atoms with Crippen molar-refractivity contribution in [2.75, 3.05) is 13.4 Å². The summed E-state index contributed by atoms with van der Waals surface area (Å²) in [5, 5.41) is 2.73. The summed E-state index contributed by atoms with van der Waals surface area (Å²) < 4.78 is 28.0. The summed E-state index contributed by atoms with van der Waals surface area (Å²) in [6.45, 7) is 0.292. The van der Waals surface area contributed by atoms with Gasteiger partial charge in [-0.15, -0.1) is 0 Å². The Morgan fingerprint density at radius 2 is 2.05 bits per heavy atom. The van der Waals surface area contributed by atoms with Crippen molar-refractivity contribution in [3.05, 3.63) is 53.7 Å². The summed E-state index contributed by atoms with van der Waals surface area (Å²) in [4.78, 5) is 16.2. The maximum Gasteiger partial charge on any atom is 0.251 e. The van der Waals surface area contributed by atoms with Crippen LogP contribution in [0.3, 0.4) is 0 Å². The number of carbonyl (C=O) groups excluding carboxylic acids is 1.